The minimum absolute atomic E-state index is 0.192. The van der Waals surface area contributed by atoms with Gasteiger partial charge in [-0.3, -0.25) is 0 Å². The van der Waals surface area contributed by atoms with Gasteiger partial charge in [-0.2, -0.15) is 0 Å². The first-order valence-corrected chi connectivity index (χ1v) is 3.44. The monoisotopic (exact) mass is 146 g/mol. The Balaban J connectivity index is 2.66. The number of halogens is 1. The smallest absolute Gasteiger partial charge is 0.123 e. The van der Waals surface area contributed by atoms with Crippen molar-refractivity contribution in [3.63, 3.8) is 0 Å². The second kappa shape index (κ2) is 2.06. The van der Waals surface area contributed by atoms with Crippen molar-refractivity contribution in [2.24, 2.45) is 0 Å². The third-order valence-corrected chi connectivity index (χ3v) is 1.82. The molecule has 0 unspecified atom stereocenters. The van der Waals surface area contributed by atoms with Crippen LogP contribution in [0, 0.1) is 5.82 Å². The van der Waals surface area contributed by atoms with Crippen molar-refractivity contribution in [3.05, 3.63) is 47.8 Å². The molecular formula is C10H7F. The summed E-state index contributed by atoms with van der Waals surface area (Å²) in [4.78, 5) is 0. The van der Waals surface area contributed by atoms with Crippen molar-refractivity contribution in [2.45, 2.75) is 0 Å². The van der Waals surface area contributed by atoms with E-state index in [0.29, 0.717) is 0 Å². The summed E-state index contributed by atoms with van der Waals surface area (Å²) >= 11 is 0. The van der Waals surface area contributed by atoms with Gasteiger partial charge in [0.25, 0.3) is 0 Å². The number of allylic oxidation sites excluding steroid dienone is 2. The minimum atomic E-state index is -0.192. The molecule has 0 bridgehead atoms. The van der Waals surface area contributed by atoms with Crippen LogP contribution in [0.1, 0.15) is 11.1 Å². The van der Waals surface area contributed by atoms with E-state index in [-0.39, 0.29) is 5.82 Å². The van der Waals surface area contributed by atoms with Gasteiger partial charge in [-0.15, -0.1) is 0 Å². The first-order valence-electron chi connectivity index (χ1n) is 3.44. The minimum Gasteiger partial charge on any atom is -0.207 e. The number of rotatable bonds is 0. The summed E-state index contributed by atoms with van der Waals surface area (Å²) in [6.07, 6.45) is 3.77. The van der Waals surface area contributed by atoms with Gasteiger partial charge in [-0.1, -0.05) is 24.8 Å². The van der Waals surface area contributed by atoms with E-state index in [1.165, 1.54) is 12.1 Å². The molecule has 0 saturated carbocycles. The molecule has 0 radical (unpaired) electrons. The molecule has 1 aliphatic rings. The number of fused-ring (bicyclic) bond motifs is 1. The standard InChI is InChI=1S/C10H7F/c1-7-2-3-8-6-9(11)4-5-10(7)8/h2-6H,1H2. The van der Waals surface area contributed by atoms with Gasteiger partial charge in [-0.25, -0.2) is 4.39 Å². The molecule has 0 saturated heterocycles. The molecule has 2 rings (SSSR count). The lowest BCUT2D eigenvalue weighted by molar-refractivity contribution is 0.627. The van der Waals surface area contributed by atoms with E-state index in [0.717, 1.165) is 16.7 Å². The van der Waals surface area contributed by atoms with E-state index in [9.17, 15) is 4.39 Å². The molecular weight excluding hydrogens is 139 g/mol. The van der Waals surface area contributed by atoms with Crippen molar-refractivity contribution in [1.82, 2.24) is 0 Å². The Kier molecular flexibility index (Phi) is 1.19. The first-order chi connectivity index (χ1) is 5.27. The maximum Gasteiger partial charge on any atom is 0.123 e. The molecule has 0 heterocycles. The Bertz CT molecular complexity index is 348. The van der Waals surface area contributed by atoms with E-state index in [1.54, 1.807) is 6.07 Å². The summed E-state index contributed by atoms with van der Waals surface area (Å²) in [5.41, 5.74) is 2.92. The lowest BCUT2D eigenvalue weighted by atomic mass is 10.1. The predicted octanol–water partition coefficient (Wildman–Crippen LogP) is 2.87. The normalized spacial score (nSPS) is 13.7. The molecule has 11 heavy (non-hydrogen) atoms. The number of hydrogen-bond acceptors (Lipinski definition) is 0. The Labute approximate surface area is 64.7 Å². The zero-order chi connectivity index (χ0) is 7.84. The van der Waals surface area contributed by atoms with Gasteiger partial charge >= 0.3 is 0 Å². The summed E-state index contributed by atoms with van der Waals surface area (Å²) < 4.78 is 12.6. The summed E-state index contributed by atoms with van der Waals surface area (Å²) in [5, 5.41) is 0. The molecule has 0 fully saturated rings. The molecule has 0 nitrogen and oxygen atoms in total. The molecule has 0 amide bonds. The van der Waals surface area contributed by atoms with Gasteiger partial charge < -0.3 is 0 Å². The molecule has 1 aromatic rings. The van der Waals surface area contributed by atoms with Crippen LogP contribution in [0.3, 0.4) is 0 Å². The summed E-state index contributed by atoms with van der Waals surface area (Å²) in [6, 6.07) is 4.73. The second-order valence-corrected chi connectivity index (χ2v) is 2.59. The molecule has 1 aromatic carbocycles. The van der Waals surface area contributed by atoms with Crippen LogP contribution in [0.5, 0.6) is 0 Å². The fourth-order valence-electron chi connectivity index (χ4n) is 1.24. The largest absolute Gasteiger partial charge is 0.207 e. The van der Waals surface area contributed by atoms with Gasteiger partial charge in [0.15, 0.2) is 0 Å². The second-order valence-electron chi connectivity index (χ2n) is 2.59. The highest BCUT2D eigenvalue weighted by molar-refractivity contribution is 5.88. The molecule has 0 aliphatic heterocycles. The summed E-state index contributed by atoms with van der Waals surface area (Å²) in [7, 11) is 0. The molecule has 1 heteroatoms. The van der Waals surface area contributed by atoms with Crippen molar-refractivity contribution in [1.29, 1.82) is 0 Å². The fourth-order valence-corrected chi connectivity index (χ4v) is 1.24. The molecule has 0 N–H and O–H groups in total. The summed E-state index contributed by atoms with van der Waals surface area (Å²) in [6.45, 7) is 3.82. The van der Waals surface area contributed by atoms with Crippen LogP contribution in [-0.2, 0) is 0 Å². The van der Waals surface area contributed by atoms with Gasteiger partial charge in [0.1, 0.15) is 5.82 Å². The lowest BCUT2D eigenvalue weighted by Crippen LogP contribution is -1.81. The van der Waals surface area contributed by atoms with Crippen LogP contribution in [0.2, 0.25) is 0 Å². The summed E-state index contributed by atoms with van der Waals surface area (Å²) in [5.74, 6) is -0.192. The quantitative estimate of drug-likeness (QED) is 0.528. The Hall–Kier alpha value is -1.37. The fraction of sp³-hybridized carbons (Fsp3) is 0. The van der Waals surface area contributed by atoms with Gasteiger partial charge in [0.2, 0.25) is 0 Å². The van der Waals surface area contributed by atoms with Crippen LogP contribution >= 0.6 is 0 Å². The Morgan fingerprint density at radius 3 is 2.82 bits per heavy atom. The Morgan fingerprint density at radius 2 is 2.00 bits per heavy atom. The molecule has 1 aliphatic carbocycles. The van der Waals surface area contributed by atoms with Crippen molar-refractivity contribution in [2.75, 3.05) is 0 Å². The average molecular weight is 146 g/mol. The van der Waals surface area contributed by atoms with Gasteiger partial charge in [0, 0.05) is 0 Å². The van der Waals surface area contributed by atoms with E-state index >= 15 is 0 Å². The van der Waals surface area contributed by atoms with Crippen molar-refractivity contribution >= 4 is 11.6 Å². The first kappa shape index (κ1) is 6.35. The third kappa shape index (κ3) is 0.891. The molecule has 0 atom stereocenters. The maximum absolute atomic E-state index is 12.6. The average Bonchev–Trinajstić information content (AvgIpc) is 2.32. The molecule has 0 aromatic heterocycles. The maximum atomic E-state index is 12.6. The van der Waals surface area contributed by atoms with E-state index in [2.05, 4.69) is 6.58 Å². The van der Waals surface area contributed by atoms with E-state index in [4.69, 9.17) is 0 Å². The zero-order valence-corrected chi connectivity index (χ0v) is 5.97. The molecule has 0 spiro atoms. The number of hydrogen-bond donors (Lipinski definition) is 0. The van der Waals surface area contributed by atoms with Gasteiger partial charge in [-0.05, 0) is 28.8 Å². The predicted molar refractivity (Wildman–Crippen MR) is 44.5 cm³/mol. The zero-order valence-electron chi connectivity index (χ0n) is 5.97. The lowest BCUT2D eigenvalue weighted by Gasteiger charge is -1.97. The third-order valence-electron chi connectivity index (χ3n) is 1.82. The highest BCUT2D eigenvalue weighted by Gasteiger charge is 2.07. The van der Waals surface area contributed by atoms with Crippen LogP contribution in [0.15, 0.2) is 30.9 Å². The Morgan fingerprint density at radius 1 is 1.18 bits per heavy atom. The van der Waals surface area contributed by atoms with Crippen molar-refractivity contribution < 1.29 is 4.39 Å². The van der Waals surface area contributed by atoms with Crippen LogP contribution < -0.4 is 0 Å². The topological polar surface area (TPSA) is 0 Å². The van der Waals surface area contributed by atoms with Crippen LogP contribution in [0.4, 0.5) is 4.39 Å². The highest BCUT2D eigenvalue weighted by atomic mass is 19.1. The van der Waals surface area contributed by atoms with Crippen molar-refractivity contribution in [3.8, 4) is 0 Å². The highest BCUT2D eigenvalue weighted by Crippen LogP contribution is 2.27. The van der Waals surface area contributed by atoms with E-state index in [1.807, 2.05) is 12.2 Å². The SMILES string of the molecule is C=C1C=Cc2cc(F)ccc21. The number of benzene rings is 1. The van der Waals surface area contributed by atoms with E-state index < -0.39 is 0 Å². The molecule has 54 valence electrons. The van der Waals surface area contributed by atoms with Crippen LogP contribution in [-0.4, -0.2) is 0 Å². The van der Waals surface area contributed by atoms with Gasteiger partial charge in [0.05, 0.1) is 0 Å². The van der Waals surface area contributed by atoms with Crippen LogP contribution in [0.25, 0.3) is 11.6 Å².